The second-order valence-corrected chi connectivity index (χ2v) is 6.49. The summed E-state index contributed by atoms with van der Waals surface area (Å²) in [5.74, 6) is 1.58. The van der Waals surface area contributed by atoms with Crippen molar-refractivity contribution in [1.82, 2.24) is 20.1 Å². The van der Waals surface area contributed by atoms with Crippen molar-refractivity contribution in [2.24, 2.45) is 0 Å². The van der Waals surface area contributed by atoms with E-state index in [9.17, 15) is 9.59 Å². The number of ether oxygens (including phenoxy) is 1. The molecule has 2 aliphatic heterocycles. The molecule has 4 rings (SSSR count). The molecular formula is C18H21N5O3. The van der Waals surface area contributed by atoms with Crippen molar-refractivity contribution in [3.63, 3.8) is 0 Å². The SMILES string of the molecule is O=C(NCc1nnc2n1CCCCC2)c1cccc(N2CCOC2=O)c1. The maximum Gasteiger partial charge on any atom is 0.414 e. The lowest BCUT2D eigenvalue weighted by molar-refractivity contribution is 0.0949. The molecule has 2 amide bonds. The van der Waals surface area contributed by atoms with Crippen LogP contribution in [0.4, 0.5) is 10.5 Å². The number of carbonyl (C=O) groups excluding carboxylic acids is 2. The third kappa shape index (κ3) is 3.26. The standard InChI is InChI=1S/C18H21N5O3/c24-17(13-5-4-6-14(11-13)22-9-10-26-18(22)25)19-12-16-21-20-15-7-2-1-3-8-23(15)16/h4-6,11H,1-3,7-10,12H2,(H,19,24). The topological polar surface area (TPSA) is 89.3 Å². The summed E-state index contributed by atoms with van der Waals surface area (Å²) in [4.78, 5) is 25.7. The molecule has 1 aromatic heterocycles. The van der Waals surface area contributed by atoms with Crippen LogP contribution in [0.1, 0.15) is 41.3 Å². The summed E-state index contributed by atoms with van der Waals surface area (Å²) in [6.07, 6.45) is 4.00. The highest BCUT2D eigenvalue weighted by molar-refractivity contribution is 5.97. The molecule has 1 N–H and O–H groups in total. The molecule has 0 aliphatic carbocycles. The molecule has 1 saturated heterocycles. The molecule has 0 radical (unpaired) electrons. The van der Waals surface area contributed by atoms with E-state index in [0.29, 0.717) is 30.9 Å². The van der Waals surface area contributed by atoms with Gasteiger partial charge in [-0.2, -0.15) is 0 Å². The lowest BCUT2D eigenvalue weighted by Gasteiger charge is -2.14. The highest BCUT2D eigenvalue weighted by Crippen LogP contribution is 2.20. The molecule has 0 unspecified atom stereocenters. The van der Waals surface area contributed by atoms with Crippen LogP contribution >= 0.6 is 0 Å². The second kappa shape index (κ2) is 7.15. The number of hydrogen-bond donors (Lipinski definition) is 1. The van der Waals surface area contributed by atoms with Crippen LogP contribution in [0.25, 0.3) is 0 Å². The summed E-state index contributed by atoms with van der Waals surface area (Å²) in [5.41, 5.74) is 1.16. The van der Waals surface area contributed by atoms with Gasteiger partial charge in [-0.1, -0.05) is 12.5 Å². The first-order chi connectivity index (χ1) is 12.7. The van der Waals surface area contributed by atoms with E-state index in [2.05, 4.69) is 20.1 Å². The number of carbonyl (C=O) groups is 2. The van der Waals surface area contributed by atoms with Crippen LogP contribution in [-0.2, 0) is 24.2 Å². The van der Waals surface area contributed by atoms with Crippen LogP contribution < -0.4 is 10.2 Å². The van der Waals surface area contributed by atoms with Crippen molar-refractivity contribution in [3.05, 3.63) is 41.5 Å². The Kier molecular flexibility index (Phi) is 4.55. The summed E-state index contributed by atoms with van der Waals surface area (Å²) in [6, 6.07) is 6.98. The Hall–Kier alpha value is -2.90. The van der Waals surface area contributed by atoms with Gasteiger partial charge in [-0.05, 0) is 31.0 Å². The first-order valence-electron chi connectivity index (χ1n) is 8.96. The van der Waals surface area contributed by atoms with E-state index in [-0.39, 0.29) is 12.0 Å². The summed E-state index contributed by atoms with van der Waals surface area (Å²) >= 11 is 0. The molecule has 2 aliphatic rings. The molecule has 26 heavy (non-hydrogen) atoms. The summed E-state index contributed by atoms with van der Waals surface area (Å²) in [6.45, 7) is 2.10. The molecule has 8 heteroatoms. The van der Waals surface area contributed by atoms with Crippen LogP contribution in [-0.4, -0.2) is 39.9 Å². The molecule has 0 saturated carbocycles. The molecule has 0 atom stereocenters. The normalized spacial score (nSPS) is 16.8. The Morgan fingerprint density at radius 2 is 2.12 bits per heavy atom. The van der Waals surface area contributed by atoms with Gasteiger partial charge < -0.3 is 14.6 Å². The van der Waals surface area contributed by atoms with Gasteiger partial charge >= 0.3 is 6.09 Å². The van der Waals surface area contributed by atoms with Gasteiger partial charge in [0.05, 0.1) is 13.1 Å². The molecule has 2 aromatic rings. The average molecular weight is 355 g/mol. The Morgan fingerprint density at radius 3 is 2.96 bits per heavy atom. The fourth-order valence-electron chi connectivity index (χ4n) is 3.38. The lowest BCUT2D eigenvalue weighted by atomic mass is 10.1. The number of nitrogens with zero attached hydrogens (tertiary/aromatic N) is 4. The highest BCUT2D eigenvalue weighted by atomic mass is 16.6. The molecule has 3 heterocycles. The number of anilines is 1. The van der Waals surface area contributed by atoms with Gasteiger partial charge in [0.2, 0.25) is 0 Å². The fraction of sp³-hybridized carbons (Fsp3) is 0.444. The summed E-state index contributed by atoms with van der Waals surface area (Å²) in [5, 5.41) is 11.4. The van der Waals surface area contributed by atoms with E-state index in [0.717, 1.165) is 37.5 Å². The average Bonchev–Trinajstić information content (AvgIpc) is 3.18. The van der Waals surface area contributed by atoms with E-state index in [1.165, 1.54) is 11.3 Å². The van der Waals surface area contributed by atoms with Crippen molar-refractivity contribution >= 4 is 17.7 Å². The number of fused-ring (bicyclic) bond motifs is 1. The maximum atomic E-state index is 12.5. The molecule has 1 aromatic carbocycles. The minimum Gasteiger partial charge on any atom is -0.447 e. The van der Waals surface area contributed by atoms with Crippen LogP contribution in [0.3, 0.4) is 0 Å². The van der Waals surface area contributed by atoms with E-state index in [4.69, 9.17) is 4.74 Å². The summed E-state index contributed by atoms with van der Waals surface area (Å²) < 4.78 is 7.06. The number of nitrogens with one attached hydrogen (secondary N) is 1. The third-order valence-electron chi connectivity index (χ3n) is 4.77. The fourth-order valence-corrected chi connectivity index (χ4v) is 3.38. The zero-order valence-electron chi connectivity index (χ0n) is 14.5. The van der Waals surface area contributed by atoms with E-state index < -0.39 is 0 Å². The second-order valence-electron chi connectivity index (χ2n) is 6.49. The minimum absolute atomic E-state index is 0.203. The van der Waals surface area contributed by atoms with Gasteiger partial charge in [0.25, 0.3) is 5.91 Å². The number of amides is 2. The smallest absolute Gasteiger partial charge is 0.414 e. The van der Waals surface area contributed by atoms with Crippen molar-refractivity contribution in [2.45, 2.75) is 38.8 Å². The van der Waals surface area contributed by atoms with Crippen molar-refractivity contribution in [2.75, 3.05) is 18.1 Å². The Morgan fingerprint density at radius 1 is 1.19 bits per heavy atom. The van der Waals surface area contributed by atoms with Gasteiger partial charge in [0.1, 0.15) is 12.4 Å². The molecule has 8 nitrogen and oxygen atoms in total. The van der Waals surface area contributed by atoms with Crippen molar-refractivity contribution in [3.8, 4) is 0 Å². The number of benzene rings is 1. The Balaban J connectivity index is 1.44. The first-order valence-corrected chi connectivity index (χ1v) is 8.96. The van der Waals surface area contributed by atoms with Crippen LogP contribution in [0.15, 0.2) is 24.3 Å². The number of aromatic nitrogens is 3. The first kappa shape index (κ1) is 16.6. The quantitative estimate of drug-likeness (QED) is 0.905. The van der Waals surface area contributed by atoms with Gasteiger partial charge in [0, 0.05) is 24.2 Å². The Labute approximate surface area is 151 Å². The predicted octanol–water partition coefficient (Wildman–Crippen LogP) is 1.89. The van der Waals surface area contributed by atoms with Gasteiger partial charge in [-0.3, -0.25) is 9.69 Å². The van der Waals surface area contributed by atoms with E-state index in [1.54, 1.807) is 24.3 Å². The number of aryl methyl sites for hydroxylation is 1. The van der Waals surface area contributed by atoms with Crippen molar-refractivity contribution in [1.29, 1.82) is 0 Å². The highest BCUT2D eigenvalue weighted by Gasteiger charge is 2.24. The maximum absolute atomic E-state index is 12.5. The zero-order valence-corrected chi connectivity index (χ0v) is 14.5. The lowest BCUT2D eigenvalue weighted by Crippen LogP contribution is -2.26. The number of rotatable bonds is 4. The van der Waals surface area contributed by atoms with Gasteiger partial charge in [-0.15, -0.1) is 10.2 Å². The van der Waals surface area contributed by atoms with E-state index >= 15 is 0 Å². The molecule has 1 fully saturated rings. The van der Waals surface area contributed by atoms with Crippen LogP contribution in [0.2, 0.25) is 0 Å². The monoisotopic (exact) mass is 355 g/mol. The number of cyclic esters (lactones) is 1. The van der Waals surface area contributed by atoms with E-state index in [1.807, 2.05) is 0 Å². The Bertz CT molecular complexity index is 832. The molecular weight excluding hydrogens is 334 g/mol. The third-order valence-corrected chi connectivity index (χ3v) is 4.77. The van der Waals surface area contributed by atoms with Gasteiger partial charge in [-0.25, -0.2) is 4.79 Å². The minimum atomic E-state index is -0.381. The largest absolute Gasteiger partial charge is 0.447 e. The van der Waals surface area contributed by atoms with Crippen LogP contribution in [0, 0.1) is 0 Å². The zero-order chi connectivity index (χ0) is 17.9. The van der Waals surface area contributed by atoms with Gasteiger partial charge in [0.15, 0.2) is 5.82 Å². The number of hydrogen-bond acceptors (Lipinski definition) is 5. The molecule has 0 bridgehead atoms. The summed E-state index contributed by atoms with van der Waals surface area (Å²) in [7, 11) is 0. The van der Waals surface area contributed by atoms with Crippen LogP contribution in [0.5, 0.6) is 0 Å². The molecule has 0 spiro atoms. The predicted molar refractivity (Wildman–Crippen MR) is 93.9 cm³/mol. The van der Waals surface area contributed by atoms with Crippen molar-refractivity contribution < 1.29 is 14.3 Å². The molecule has 136 valence electrons.